The van der Waals surface area contributed by atoms with Crippen LogP contribution in [0.3, 0.4) is 0 Å². The smallest absolute Gasteiger partial charge is 0.307 e. The average Bonchev–Trinajstić information content (AvgIpc) is 2.54. The summed E-state index contributed by atoms with van der Waals surface area (Å²) in [5, 5.41) is 11.5. The fraction of sp³-hybridized carbons (Fsp3) is 0.300. The number of ether oxygens (including phenoxy) is 1. The summed E-state index contributed by atoms with van der Waals surface area (Å²) in [6.45, 7) is 6.06. The lowest BCUT2D eigenvalue weighted by Gasteiger charge is -2.15. The standard InChI is InChI=1S/C20H23NO4/c1-13(2)17-9-4-14(3)10-18(17)25-12-19(22)21-16-7-5-15(6-8-16)11-20(23)24/h4-10,13H,11-12H2,1-3H3,(H,21,22)(H,23,24). The Hall–Kier alpha value is -2.82. The van der Waals surface area contributed by atoms with Crippen molar-refractivity contribution in [2.24, 2.45) is 0 Å². The predicted molar refractivity (Wildman–Crippen MR) is 97.2 cm³/mol. The predicted octanol–water partition coefficient (Wildman–Crippen LogP) is 3.76. The Kier molecular flexibility index (Phi) is 6.17. The molecule has 5 heteroatoms. The van der Waals surface area contributed by atoms with Crippen LogP contribution in [0, 0.1) is 6.92 Å². The van der Waals surface area contributed by atoms with Crippen LogP contribution in [0.1, 0.15) is 36.5 Å². The number of carbonyl (C=O) groups is 2. The lowest BCUT2D eigenvalue weighted by Crippen LogP contribution is -2.20. The number of carboxylic acids is 1. The number of carbonyl (C=O) groups excluding carboxylic acids is 1. The monoisotopic (exact) mass is 341 g/mol. The molecule has 0 saturated carbocycles. The molecule has 0 fully saturated rings. The third-order valence-electron chi connectivity index (χ3n) is 3.74. The second kappa shape index (κ2) is 8.33. The van der Waals surface area contributed by atoms with Gasteiger partial charge in [0.25, 0.3) is 5.91 Å². The third-order valence-corrected chi connectivity index (χ3v) is 3.74. The summed E-state index contributed by atoms with van der Waals surface area (Å²) >= 11 is 0. The van der Waals surface area contributed by atoms with Gasteiger partial charge in [-0.15, -0.1) is 0 Å². The molecule has 2 N–H and O–H groups in total. The number of anilines is 1. The molecule has 0 heterocycles. The molecular formula is C20H23NO4. The molecule has 132 valence electrons. The number of rotatable bonds is 7. The second-order valence-corrected chi connectivity index (χ2v) is 6.30. The SMILES string of the molecule is Cc1ccc(C(C)C)c(OCC(=O)Nc2ccc(CC(=O)O)cc2)c1. The summed E-state index contributed by atoms with van der Waals surface area (Å²) in [7, 11) is 0. The van der Waals surface area contributed by atoms with Crippen molar-refractivity contribution in [2.75, 3.05) is 11.9 Å². The summed E-state index contributed by atoms with van der Waals surface area (Å²) in [5.74, 6) is -0.117. The van der Waals surface area contributed by atoms with E-state index in [-0.39, 0.29) is 18.9 Å². The normalized spacial score (nSPS) is 10.6. The zero-order valence-electron chi connectivity index (χ0n) is 14.7. The van der Waals surface area contributed by atoms with Crippen molar-refractivity contribution in [1.82, 2.24) is 0 Å². The Bertz CT molecular complexity index is 751. The lowest BCUT2D eigenvalue weighted by atomic mass is 10.0. The highest BCUT2D eigenvalue weighted by Crippen LogP contribution is 2.27. The fourth-order valence-electron chi connectivity index (χ4n) is 2.46. The van der Waals surface area contributed by atoms with E-state index in [1.165, 1.54) is 0 Å². The number of nitrogens with one attached hydrogen (secondary N) is 1. The van der Waals surface area contributed by atoms with Gasteiger partial charge in [-0.05, 0) is 47.7 Å². The van der Waals surface area contributed by atoms with E-state index in [4.69, 9.17) is 9.84 Å². The van der Waals surface area contributed by atoms with Crippen molar-refractivity contribution in [3.8, 4) is 5.75 Å². The van der Waals surface area contributed by atoms with Gasteiger partial charge >= 0.3 is 5.97 Å². The minimum atomic E-state index is -0.885. The number of carboxylic acid groups (broad SMARTS) is 1. The van der Waals surface area contributed by atoms with Crippen LogP contribution in [0.15, 0.2) is 42.5 Å². The number of hydrogen-bond acceptors (Lipinski definition) is 3. The van der Waals surface area contributed by atoms with Crippen molar-refractivity contribution >= 4 is 17.6 Å². The van der Waals surface area contributed by atoms with E-state index < -0.39 is 5.97 Å². The molecule has 2 rings (SSSR count). The number of aliphatic carboxylic acids is 1. The number of hydrogen-bond donors (Lipinski definition) is 2. The van der Waals surface area contributed by atoms with Gasteiger partial charge in [-0.2, -0.15) is 0 Å². The summed E-state index contributed by atoms with van der Waals surface area (Å²) in [4.78, 5) is 22.7. The molecule has 5 nitrogen and oxygen atoms in total. The second-order valence-electron chi connectivity index (χ2n) is 6.30. The molecule has 0 saturated heterocycles. The van der Waals surface area contributed by atoms with Crippen LogP contribution in [0.25, 0.3) is 0 Å². The first kappa shape index (κ1) is 18.5. The van der Waals surface area contributed by atoms with E-state index in [9.17, 15) is 9.59 Å². The van der Waals surface area contributed by atoms with Crippen LogP contribution in [-0.4, -0.2) is 23.6 Å². The van der Waals surface area contributed by atoms with Crippen molar-refractivity contribution in [1.29, 1.82) is 0 Å². The van der Waals surface area contributed by atoms with Gasteiger partial charge < -0.3 is 15.2 Å². The van der Waals surface area contributed by atoms with Crippen LogP contribution in [0.5, 0.6) is 5.75 Å². The quantitative estimate of drug-likeness (QED) is 0.804. The molecule has 0 aliphatic heterocycles. The molecular weight excluding hydrogens is 318 g/mol. The van der Waals surface area contributed by atoms with Crippen molar-refractivity contribution in [2.45, 2.75) is 33.1 Å². The van der Waals surface area contributed by atoms with E-state index in [0.29, 0.717) is 17.2 Å². The van der Waals surface area contributed by atoms with Crippen LogP contribution in [0.4, 0.5) is 5.69 Å². The van der Waals surface area contributed by atoms with Gasteiger partial charge in [-0.25, -0.2) is 0 Å². The van der Waals surface area contributed by atoms with Gasteiger partial charge in [0.1, 0.15) is 5.75 Å². The Morgan fingerprint density at radius 1 is 1.12 bits per heavy atom. The molecule has 0 spiro atoms. The Labute approximate surface area is 147 Å². The number of aryl methyl sites for hydroxylation is 1. The molecule has 0 aromatic heterocycles. The van der Waals surface area contributed by atoms with Crippen molar-refractivity contribution < 1.29 is 19.4 Å². The van der Waals surface area contributed by atoms with Crippen molar-refractivity contribution in [3.63, 3.8) is 0 Å². The number of amides is 1. The molecule has 0 aliphatic carbocycles. The van der Waals surface area contributed by atoms with Gasteiger partial charge in [-0.1, -0.05) is 38.1 Å². The Morgan fingerprint density at radius 2 is 1.80 bits per heavy atom. The summed E-state index contributed by atoms with van der Waals surface area (Å²) in [6, 6.07) is 12.7. The molecule has 0 atom stereocenters. The Balaban J connectivity index is 1.95. The first-order valence-corrected chi connectivity index (χ1v) is 8.19. The molecule has 0 radical (unpaired) electrons. The van der Waals surface area contributed by atoms with Gasteiger partial charge in [-0.3, -0.25) is 9.59 Å². The average molecular weight is 341 g/mol. The summed E-state index contributed by atoms with van der Waals surface area (Å²) in [6.07, 6.45) is -0.0390. The van der Waals surface area contributed by atoms with Gasteiger partial charge in [0, 0.05) is 5.69 Å². The molecule has 0 bridgehead atoms. The van der Waals surface area contributed by atoms with Crippen LogP contribution in [-0.2, 0) is 16.0 Å². The highest BCUT2D eigenvalue weighted by atomic mass is 16.5. The molecule has 0 unspecified atom stereocenters. The van der Waals surface area contributed by atoms with Gasteiger partial charge in [0.05, 0.1) is 6.42 Å². The zero-order valence-corrected chi connectivity index (χ0v) is 14.7. The zero-order chi connectivity index (χ0) is 18.4. The van der Waals surface area contributed by atoms with E-state index >= 15 is 0 Å². The van der Waals surface area contributed by atoms with Gasteiger partial charge in [0.2, 0.25) is 0 Å². The molecule has 25 heavy (non-hydrogen) atoms. The lowest BCUT2D eigenvalue weighted by molar-refractivity contribution is -0.136. The third kappa shape index (κ3) is 5.64. The first-order chi connectivity index (χ1) is 11.8. The van der Waals surface area contributed by atoms with Crippen LogP contribution >= 0.6 is 0 Å². The van der Waals surface area contributed by atoms with Crippen LogP contribution in [0.2, 0.25) is 0 Å². The molecule has 2 aromatic carbocycles. The maximum absolute atomic E-state index is 12.1. The summed E-state index contributed by atoms with van der Waals surface area (Å²) in [5.41, 5.74) is 3.43. The topological polar surface area (TPSA) is 75.6 Å². The molecule has 2 aromatic rings. The van der Waals surface area contributed by atoms with Crippen molar-refractivity contribution in [3.05, 3.63) is 59.2 Å². The minimum absolute atomic E-state index is 0.0390. The van der Waals surface area contributed by atoms with Gasteiger partial charge in [0.15, 0.2) is 6.61 Å². The summed E-state index contributed by atoms with van der Waals surface area (Å²) < 4.78 is 5.70. The number of benzene rings is 2. The molecule has 1 amide bonds. The largest absolute Gasteiger partial charge is 0.483 e. The maximum atomic E-state index is 12.1. The highest BCUT2D eigenvalue weighted by Gasteiger charge is 2.10. The van der Waals surface area contributed by atoms with E-state index in [1.54, 1.807) is 24.3 Å². The van der Waals surface area contributed by atoms with E-state index in [0.717, 1.165) is 16.9 Å². The minimum Gasteiger partial charge on any atom is -0.483 e. The Morgan fingerprint density at radius 3 is 2.40 bits per heavy atom. The molecule has 0 aliphatic rings. The highest BCUT2D eigenvalue weighted by molar-refractivity contribution is 5.91. The fourth-order valence-corrected chi connectivity index (χ4v) is 2.46. The van der Waals surface area contributed by atoms with E-state index in [2.05, 4.69) is 19.2 Å². The first-order valence-electron chi connectivity index (χ1n) is 8.19. The maximum Gasteiger partial charge on any atom is 0.307 e. The van der Waals surface area contributed by atoms with Crippen LogP contribution < -0.4 is 10.1 Å². The van der Waals surface area contributed by atoms with E-state index in [1.807, 2.05) is 25.1 Å².